The standard InChI is InChI=1S/C31H37ClN2O4/c1-23-16-26(11-12-27(23)32)38-22-31(18-30(36)33(2)19-24-8-5-4-6-9-24)14-7-15-34(21-31)20-25-10-13-29(37-3)28(35)17-25/h4-6,8-13,16-17,35H,7,14-15,18-22H2,1-3H3/t31-/m1/s1. The average molecular weight is 537 g/mol. The smallest absolute Gasteiger partial charge is 0.223 e. The van der Waals surface area contributed by atoms with Gasteiger partial charge in [0.1, 0.15) is 5.75 Å². The molecular weight excluding hydrogens is 500 g/mol. The molecule has 1 fully saturated rings. The van der Waals surface area contributed by atoms with Crippen molar-refractivity contribution in [2.24, 2.45) is 5.41 Å². The summed E-state index contributed by atoms with van der Waals surface area (Å²) in [7, 11) is 3.41. The Morgan fingerprint density at radius 2 is 1.89 bits per heavy atom. The third kappa shape index (κ3) is 7.21. The second-order valence-corrected chi connectivity index (χ2v) is 10.8. The molecule has 38 heavy (non-hydrogen) atoms. The topological polar surface area (TPSA) is 62.2 Å². The average Bonchev–Trinajstić information content (AvgIpc) is 2.90. The lowest BCUT2D eigenvalue weighted by Gasteiger charge is -2.43. The summed E-state index contributed by atoms with van der Waals surface area (Å²) in [6.45, 7) is 5.28. The molecule has 1 amide bonds. The summed E-state index contributed by atoms with van der Waals surface area (Å²) in [4.78, 5) is 17.7. The molecule has 1 N–H and O–H groups in total. The van der Waals surface area contributed by atoms with E-state index in [4.69, 9.17) is 21.1 Å². The number of amides is 1. The summed E-state index contributed by atoms with van der Waals surface area (Å²) in [6, 6.07) is 21.2. The second-order valence-electron chi connectivity index (χ2n) is 10.4. The van der Waals surface area contributed by atoms with Crippen molar-refractivity contribution in [3.05, 3.63) is 88.4 Å². The molecule has 0 bridgehead atoms. The first kappa shape index (κ1) is 27.8. The number of phenolic OH excluding ortho intramolecular Hbond substituents is 1. The number of ether oxygens (including phenoxy) is 2. The number of carbonyl (C=O) groups excluding carboxylic acids is 1. The number of rotatable bonds is 10. The van der Waals surface area contributed by atoms with Gasteiger partial charge in [0.2, 0.25) is 5.91 Å². The zero-order valence-electron chi connectivity index (χ0n) is 22.5. The Bertz CT molecular complexity index is 1240. The first-order chi connectivity index (χ1) is 18.3. The number of aromatic hydroxyl groups is 1. The Hall–Kier alpha value is -3.22. The molecule has 0 aliphatic carbocycles. The molecule has 0 saturated carbocycles. The number of methoxy groups -OCH3 is 1. The van der Waals surface area contributed by atoms with E-state index in [1.54, 1.807) is 19.2 Å². The number of nitrogens with zero attached hydrogens (tertiary/aromatic N) is 2. The fourth-order valence-corrected chi connectivity index (χ4v) is 5.31. The fourth-order valence-electron chi connectivity index (χ4n) is 5.19. The molecule has 202 valence electrons. The summed E-state index contributed by atoms with van der Waals surface area (Å²) >= 11 is 6.22. The predicted octanol–water partition coefficient (Wildman–Crippen LogP) is 6.07. The highest BCUT2D eigenvalue weighted by atomic mass is 35.5. The van der Waals surface area contributed by atoms with Gasteiger partial charge >= 0.3 is 0 Å². The number of aryl methyl sites for hydroxylation is 1. The van der Waals surface area contributed by atoms with Crippen LogP contribution in [0.4, 0.5) is 0 Å². The SMILES string of the molecule is COc1ccc(CN2CCC[C@@](COc3ccc(Cl)c(C)c3)(CC(=O)N(C)Cc3ccccc3)C2)cc1O. The van der Waals surface area contributed by atoms with E-state index < -0.39 is 0 Å². The van der Waals surface area contributed by atoms with Crippen LogP contribution >= 0.6 is 11.6 Å². The molecule has 1 aliphatic rings. The summed E-state index contributed by atoms with van der Waals surface area (Å²) in [6.07, 6.45) is 2.25. The predicted molar refractivity (Wildman–Crippen MR) is 151 cm³/mol. The van der Waals surface area contributed by atoms with Crippen LogP contribution in [0.2, 0.25) is 5.02 Å². The lowest BCUT2D eigenvalue weighted by molar-refractivity contribution is -0.135. The number of benzene rings is 3. The van der Waals surface area contributed by atoms with Gasteiger partial charge in [-0.1, -0.05) is 48.0 Å². The molecule has 1 aliphatic heterocycles. The molecule has 0 aromatic heterocycles. The Morgan fingerprint density at radius 1 is 1.11 bits per heavy atom. The van der Waals surface area contributed by atoms with E-state index in [0.717, 1.165) is 48.4 Å². The molecule has 4 rings (SSSR count). The fraction of sp³-hybridized carbons (Fsp3) is 0.387. The van der Waals surface area contributed by atoms with Crippen LogP contribution in [0, 0.1) is 12.3 Å². The normalized spacial score (nSPS) is 17.7. The van der Waals surface area contributed by atoms with E-state index >= 15 is 0 Å². The summed E-state index contributed by atoms with van der Waals surface area (Å²) in [5.41, 5.74) is 2.72. The third-order valence-electron chi connectivity index (χ3n) is 7.28. The van der Waals surface area contributed by atoms with Crippen LogP contribution < -0.4 is 9.47 Å². The zero-order valence-corrected chi connectivity index (χ0v) is 23.2. The van der Waals surface area contributed by atoms with Crippen LogP contribution in [-0.2, 0) is 17.9 Å². The van der Waals surface area contributed by atoms with Gasteiger partial charge < -0.3 is 19.5 Å². The van der Waals surface area contributed by atoms with Gasteiger partial charge in [-0.05, 0) is 73.3 Å². The van der Waals surface area contributed by atoms with Crippen molar-refractivity contribution in [3.63, 3.8) is 0 Å². The van der Waals surface area contributed by atoms with E-state index in [2.05, 4.69) is 4.90 Å². The minimum Gasteiger partial charge on any atom is -0.504 e. The highest BCUT2D eigenvalue weighted by Crippen LogP contribution is 2.37. The van der Waals surface area contributed by atoms with Crippen LogP contribution in [0.25, 0.3) is 0 Å². The molecule has 0 radical (unpaired) electrons. The molecule has 0 spiro atoms. The largest absolute Gasteiger partial charge is 0.504 e. The van der Waals surface area contributed by atoms with Gasteiger partial charge in [-0.2, -0.15) is 0 Å². The van der Waals surface area contributed by atoms with Crippen molar-refractivity contribution in [1.29, 1.82) is 0 Å². The maximum absolute atomic E-state index is 13.5. The summed E-state index contributed by atoms with van der Waals surface area (Å²) < 4.78 is 11.5. The van der Waals surface area contributed by atoms with E-state index in [-0.39, 0.29) is 17.1 Å². The molecule has 3 aromatic rings. The molecule has 1 atom stereocenters. The van der Waals surface area contributed by atoms with Crippen molar-refractivity contribution < 1.29 is 19.4 Å². The monoisotopic (exact) mass is 536 g/mol. The van der Waals surface area contributed by atoms with Gasteiger partial charge in [0.25, 0.3) is 0 Å². The maximum atomic E-state index is 13.5. The van der Waals surface area contributed by atoms with Gasteiger partial charge in [0.15, 0.2) is 11.5 Å². The lowest BCUT2D eigenvalue weighted by atomic mass is 9.77. The zero-order chi connectivity index (χ0) is 27.1. The lowest BCUT2D eigenvalue weighted by Crippen LogP contribution is -2.48. The van der Waals surface area contributed by atoms with Gasteiger partial charge in [0, 0.05) is 43.5 Å². The molecule has 1 heterocycles. The van der Waals surface area contributed by atoms with Crippen LogP contribution in [0.15, 0.2) is 66.7 Å². The molecule has 6 nitrogen and oxygen atoms in total. The van der Waals surface area contributed by atoms with E-state index in [0.29, 0.717) is 36.9 Å². The highest BCUT2D eigenvalue weighted by molar-refractivity contribution is 6.31. The highest BCUT2D eigenvalue weighted by Gasteiger charge is 2.39. The summed E-state index contributed by atoms with van der Waals surface area (Å²) in [5.74, 6) is 1.45. The van der Waals surface area contributed by atoms with Crippen LogP contribution in [0.3, 0.4) is 0 Å². The number of halogens is 1. The number of hydrogen-bond acceptors (Lipinski definition) is 5. The van der Waals surface area contributed by atoms with E-state index in [1.165, 1.54) is 0 Å². The van der Waals surface area contributed by atoms with Crippen molar-refractivity contribution in [2.75, 3.05) is 33.9 Å². The van der Waals surface area contributed by atoms with Crippen LogP contribution in [-0.4, -0.2) is 54.7 Å². The molecule has 3 aromatic carbocycles. The summed E-state index contributed by atoms with van der Waals surface area (Å²) in [5, 5.41) is 11.0. The Labute approximate surface area is 230 Å². The van der Waals surface area contributed by atoms with Crippen molar-refractivity contribution in [3.8, 4) is 17.2 Å². The Kier molecular flexibility index (Phi) is 9.18. The Morgan fingerprint density at radius 3 is 2.61 bits per heavy atom. The van der Waals surface area contributed by atoms with Crippen LogP contribution in [0.1, 0.15) is 36.0 Å². The molecular formula is C31H37ClN2O4. The first-order valence-electron chi connectivity index (χ1n) is 13.0. The van der Waals surface area contributed by atoms with Gasteiger partial charge in [-0.3, -0.25) is 9.69 Å². The number of likely N-dealkylation sites (tertiary alicyclic amines) is 1. The number of carbonyl (C=O) groups is 1. The Balaban J connectivity index is 1.51. The number of piperidine rings is 1. The molecule has 1 saturated heterocycles. The van der Waals surface area contributed by atoms with E-state index in [1.807, 2.05) is 73.5 Å². The quantitative estimate of drug-likeness (QED) is 0.340. The van der Waals surface area contributed by atoms with Gasteiger partial charge in [-0.15, -0.1) is 0 Å². The second kappa shape index (κ2) is 12.5. The maximum Gasteiger partial charge on any atom is 0.223 e. The van der Waals surface area contributed by atoms with Crippen molar-refractivity contribution >= 4 is 17.5 Å². The third-order valence-corrected chi connectivity index (χ3v) is 7.70. The van der Waals surface area contributed by atoms with E-state index in [9.17, 15) is 9.90 Å². The van der Waals surface area contributed by atoms with Gasteiger partial charge in [-0.25, -0.2) is 0 Å². The first-order valence-corrected chi connectivity index (χ1v) is 13.4. The number of phenols is 1. The molecule has 7 heteroatoms. The van der Waals surface area contributed by atoms with Gasteiger partial charge in [0.05, 0.1) is 13.7 Å². The van der Waals surface area contributed by atoms with Crippen LogP contribution in [0.5, 0.6) is 17.2 Å². The number of hydrogen-bond donors (Lipinski definition) is 1. The van der Waals surface area contributed by atoms with Crippen molar-refractivity contribution in [2.45, 2.75) is 39.3 Å². The minimum atomic E-state index is -0.345. The molecule has 0 unspecified atom stereocenters. The minimum absolute atomic E-state index is 0.105. The van der Waals surface area contributed by atoms with Crippen molar-refractivity contribution in [1.82, 2.24) is 9.80 Å².